The normalized spacial score (nSPS) is 14.1. The van der Waals surface area contributed by atoms with Crippen molar-refractivity contribution in [2.45, 2.75) is 62.6 Å². The van der Waals surface area contributed by atoms with E-state index in [1.807, 2.05) is 79.7 Å². The highest BCUT2D eigenvalue weighted by atomic mass is 32.2. The Morgan fingerprint density at radius 1 is 0.773 bits per heavy atom. The summed E-state index contributed by atoms with van der Waals surface area (Å²) >= 11 is 0. The number of amides is 2. The summed E-state index contributed by atoms with van der Waals surface area (Å²) in [5.74, 6) is -0.683. The first-order chi connectivity index (χ1) is 21.3. The molecule has 0 spiro atoms. The first-order valence-electron chi connectivity index (χ1n) is 15.1. The molecule has 44 heavy (non-hydrogen) atoms. The lowest BCUT2D eigenvalue weighted by Crippen LogP contribution is -2.54. The van der Waals surface area contributed by atoms with Crippen molar-refractivity contribution in [2.75, 3.05) is 10.8 Å². The third-order valence-electron chi connectivity index (χ3n) is 8.16. The number of para-hydroxylation sites is 1. The van der Waals surface area contributed by atoms with Gasteiger partial charge in [0, 0.05) is 19.0 Å². The number of carbonyl (C=O) groups is 2. The van der Waals surface area contributed by atoms with Crippen molar-refractivity contribution in [1.29, 1.82) is 0 Å². The maximum absolute atomic E-state index is 14.5. The molecule has 1 fully saturated rings. The number of hydrogen-bond acceptors (Lipinski definition) is 4. The highest BCUT2D eigenvalue weighted by molar-refractivity contribution is 7.92. The maximum Gasteiger partial charge on any atom is 0.264 e. The second kappa shape index (κ2) is 14.4. The number of benzene rings is 4. The molecule has 0 bridgehead atoms. The molecule has 2 amide bonds. The van der Waals surface area contributed by atoms with Gasteiger partial charge < -0.3 is 10.2 Å². The predicted molar refractivity (Wildman–Crippen MR) is 173 cm³/mol. The maximum atomic E-state index is 14.5. The van der Waals surface area contributed by atoms with E-state index in [4.69, 9.17) is 0 Å². The Morgan fingerprint density at radius 2 is 1.32 bits per heavy atom. The molecule has 7 nitrogen and oxygen atoms in total. The second-order valence-corrected chi connectivity index (χ2v) is 13.2. The highest BCUT2D eigenvalue weighted by Gasteiger charge is 2.35. The van der Waals surface area contributed by atoms with Gasteiger partial charge in [-0.05, 0) is 54.7 Å². The van der Waals surface area contributed by atoms with Crippen LogP contribution in [0.4, 0.5) is 5.69 Å². The number of aryl methyl sites for hydroxylation is 1. The van der Waals surface area contributed by atoms with E-state index in [1.165, 1.54) is 16.4 Å². The van der Waals surface area contributed by atoms with E-state index in [0.29, 0.717) is 17.7 Å². The Balaban J connectivity index is 1.55. The summed E-state index contributed by atoms with van der Waals surface area (Å²) in [4.78, 5) is 30.2. The summed E-state index contributed by atoms with van der Waals surface area (Å²) in [6.07, 6.45) is 4.24. The lowest BCUT2D eigenvalue weighted by Gasteiger charge is -2.34. The number of carbonyl (C=O) groups excluding carboxylic acids is 2. The molecule has 0 unspecified atom stereocenters. The fraction of sp³-hybridized carbons (Fsp3) is 0.278. The first-order valence-corrected chi connectivity index (χ1v) is 16.6. The molecule has 8 heteroatoms. The van der Waals surface area contributed by atoms with E-state index >= 15 is 0 Å². The molecule has 0 saturated heterocycles. The van der Waals surface area contributed by atoms with Crippen LogP contribution < -0.4 is 9.62 Å². The third kappa shape index (κ3) is 7.55. The van der Waals surface area contributed by atoms with Gasteiger partial charge in [-0.1, -0.05) is 110 Å². The Labute approximate surface area is 260 Å². The summed E-state index contributed by atoms with van der Waals surface area (Å²) < 4.78 is 29.4. The lowest BCUT2D eigenvalue weighted by atomic mass is 10.0. The van der Waals surface area contributed by atoms with Crippen molar-refractivity contribution in [1.82, 2.24) is 10.2 Å². The van der Waals surface area contributed by atoms with Crippen LogP contribution in [-0.2, 0) is 32.6 Å². The standard InChI is InChI=1S/C36H39N3O4S/c1-28-15-11-14-24-33(28)39(44(42,43)32-22-9-4-10-23-32)27-35(40)38(26-30-18-7-3-8-19-30)34(25-29-16-5-2-6-17-29)36(41)37-31-20-12-13-21-31/h2-11,14-19,22-24,31,34H,12-13,20-21,25-27H2,1H3,(H,37,41)/t34-/m1/s1. The molecule has 0 aromatic heterocycles. The van der Waals surface area contributed by atoms with Gasteiger partial charge in [-0.15, -0.1) is 0 Å². The largest absolute Gasteiger partial charge is 0.352 e. The van der Waals surface area contributed by atoms with Gasteiger partial charge in [0.15, 0.2) is 0 Å². The van der Waals surface area contributed by atoms with Crippen molar-refractivity contribution in [3.8, 4) is 0 Å². The fourth-order valence-corrected chi connectivity index (χ4v) is 7.28. The van der Waals surface area contributed by atoms with Crippen molar-refractivity contribution in [3.05, 3.63) is 132 Å². The van der Waals surface area contributed by atoms with E-state index in [-0.39, 0.29) is 23.4 Å². The quantitative estimate of drug-likeness (QED) is 0.217. The molecule has 1 atom stereocenters. The van der Waals surface area contributed by atoms with E-state index in [1.54, 1.807) is 35.2 Å². The van der Waals surface area contributed by atoms with Crippen molar-refractivity contribution >= 4 is 27.5 Å². The minimum atomic E-state index is -4.12. The number of nitrogens with one attached hydrogen (secondary N) is 1. The number of nitrogens with zero attached hydrogens (tertiary/aromatic N) is 2. The molecule has 0 aliphatic heterocycles. The van der Waals surface area contributed by atoms with E-state index in [0.717, 1.165) is 36.8 Å². The van der Waals surface area contributed by atoms with Crippen LogP contribution in [0.25, 0.3) is 0 Å². The van der Waals surface area contributed by atoms with Gasteiger partial charge in [-0.3, -0.25) is 13.9 Å². The molecule has 228 valence electrons. The number of anilines is 1. The number of hydrogen-bond donors (Lipinski definition) is 1. The fourth-order valence-electron chi connectivity index (χ4n) is 5.78. The lowest BCUT2D eigenvalue weighted by molar-refractivity contribution is -0.140. The zero-order valence-electron chi connectivity index (χ0n) is 25.0. The van der Waals surface area contributed by atoms with E-state index in [2.05, 4.69) is 5.32 Å². The molecule has 0 radical (unpaired) electrons. The smallest absolute Gasteiger partial charge is 0.264 e. The van der Waals surface area contributed by atoms with E-state index in [9.17, 15) is 18.0 Å². The molecule has 4 aromatic rings. The Hall–Kier alpha value is -4.43. The number of sulfonamides is 1. The predicted octanol–water partition coefficient (Wildman–Crippen LogP) is 5.89. The van der Waals surface area contributed by atoms with Gasteiger partial charge in [0.05, 0.1) is 10.6 Å². The van der Waals surface area contributed by atoms with Gasteiger partial charge in [0.2, 0.25) is 11.8 Å². The van der Waals surface area contributed by atoms with Crippen LogP contribution in [0.2, 0.25) is 0 Å². The third-order valence-corrected chi connectivity index (χ3v) is 9.94. The van der Waals surface area contributed by atoms with Gasteiger partial charge >= 0.3 is 0 Å². The molecule has 1 aliphatic carbocycles. The molecule has 4 aromatic carbocycles. The highest BCUT2D eigenvalue weighted by Crippen LogP contribution is 2.28. The summed E-state index contributed by atoms with van der Waals surface area (Å²) in [6, 6.07) is 33.6. The van der Waals surface area contributed by atoms with Gasteiger partial charge in [0.1, 0.15) is 12.6 Å². The molecule has 0 heterocycles. The van der Waals surface area contributed by atoms with Crippen LogP contribution in [0.15, 0.2) is 120 Å². The van der Waals surface area contributed by atoms with E-state index < -0.39 is 28.5 Å². The van der Waals surface area contributed by atoms with Crippen LogP contribution >= 0.6 is 0 Å². The summed E-state index contributed by atoms with van der Waals surface area (Å²) in [5.41, 5.74) is 2.90. The topological polar surface area (TPSA) is 86.8 Å². The Bertz CT molecular complexity index is 1640. The van der Waals surface area contributed by atoms with Crippen LogP contribution in [0, 0.1) is 6.92 Å². The zero-order valence-corrected chi connectivity index (χ0v) is 25.8. The van der Waals surface area contributed by atoms with Crippen molar-refractivity contribution in [3.63, 3.8) is 0 Å². The molecule has 1 N–H and O–H groups in total. The minimum Gasteiger partial charge on any atom is -0.352 e. The summed E-state index contributed by atoms with van der Waals surface area (Å²) in [5, 5.41) is 3.21. The molecule has 5 rings (SSSR count). The van der Waals surface area contributed by atoms with Crippen molar-refractivity contribution in [2.24, 2.45) is 0 Å². The van der Waals surface area contributed by atoms with Crippen LogP contribution in [0.5, 0.6) is 0 Å². The SMILES string of the molecule is Cc1ccccc1N(CC(=O)N(Cc1ccccc1)[C@H](Cc1ccccc1)C(=O)NC1CCCC1)S(=O)(=O)c1ccccc1. The molecule has 1 saturated carbocycles. The average Bonchev–Trinajstić information content (AvgIpc) is 3.56. The molecule has 1 aliphatic rings. The van der Waals surface area contributed by atoms with Crippen molar-refractivity contribution < 1.29 is 18.0 Å². The first kappa shape index (κ1) is 31.0. The number of rotatable bonds is 12. The Morgan fingerprint density at radius 3 is 1.93 bits per heavy atom. The zero-order chi connectivity index (χ0) is 30.9. The second-order valence-electron chi connectivity index (χ2n) is 11.3. The minimum absolute atomic E-state index is 0.0661. The van der Waals surface area contributed by atoms with Crippen LogP contribution in [0.3, 0.4) is 0 Å². The average molecular weight is 610 g/mol. The van der Waals surface area contributed by atoms with Crippen LogP contribution in [0.1, 0.15) is 42.4 Å². The molecular weight excluding hydrogens is 570 g/mol. The summed E-state index contributed by atoms with van der Waals surface area (Å²) in [6.45, 7) is 1.52. The Kier molecular flexibility index (Phi) is 10.1. The summed E-state index contributed by atoms with van der Waals surface area (Å²) in [7, 11) is -4.12. The van der Waals surface area contributed by atoms with Gasteiger partial charge in [-0.25, -0.2) is 8.42 Å². The van der Waals surface area contributed by atoms with Crippen LogP contribution in [-0.4, -0.2) is 43.8 Å². The van der Waals surface area contributed by atoms with Gasteiger partial charge in [0.25, 0.3) is 10.0 Å². The molecular formula is C36H39N3O4S. The monoisotopic (exact) mass is 609 g/mol. The van der Waals surface area contributed by atoms with Gasteiger partial charge in [-0.2, -0.15) is 0 Å².